The van der Waals surface area contributed by atoms with E-state index in [1.165, 1.54) is 4.88 Å². The van der Waals surface area contributed by atoms with Crippen molar-refractivity contribution in [1.82, 2.24) is 10.3 Å². The van der Waals surface area contributed by atoms with E-state index in [2.05, 4.69) is 10.3 Å². The van der Waals surface area contributed by atoms with Gasteiger partial charge in [0.2, 0.25) is 5.91 Å². The van der Waals surface area contributed by atoms with Gasteiger partial charge in [-0.2, -0.15) is 0 Å². The molecule has 2 rings (SSSR count). The predicted molar refractivity (Wildman–Crippen MR) is 75.3 cm³/mol. The van der Waals surface area contributed by atoms with Crippen molar-refractivity contribution >= 4 is 17.2 Å². The zero-order chi connectivity index (χ0) is 13.9. The van der Waals surface area contributed by atoms with Crippen LogP contribution >= 0.6 is 11.3 Å². The van der Waals surface area contributed by atoms with Crippen molar-refractivity contribution in [3.8, 4) is 0 Å². The Morgan fingerprint density at radius 1 is 1.47 bits per heavy atom. The number of carbonyl (C=O) groups excluding carboxylic acids is 1. The van der Waals surface area contributed by atoms with Crippen LogP contribution in [0.25, 0.3) is 0 Å². The molecule has 19 heavy (non-hydrogen) atoms. The third-order valence-corrected chi connectivity index (χ3v) is 4.61. The van der Waals surface area contributed by atoms with E-state index in [9.17, 15) is 4.79 Å². The Morgan fingerprint density at radius 3 is 2.74 bits per heavy atom. The largest absolute Gasteiger partial charge is 0.381 e. The smallest absolute Gasteiger partial charge is 0.240 e. The molecule has 0 saturated carbocycles. The number of nitrogens with two attached hydrogens (primary N) is 1. The highest BCUT2D eigenvalue weighted by atomic mass is 32.1. The van der Waals surface area contributed by atoms with Gasteiger partial charge in [0.1, 0.15) is 0 Å². The zero-order valence-electron chi connectivity index (χ0n) is 11.5. The minimum atomic E-state index is -0.753. The molecule has 0 aromatic carbocycles. The van der Waals surface area contributed by atoms with Crippen molar-refractivity contribution in [2.75, 3.05) is 19.8 Å². The van der Waals surface area contributed by atoms with Gasteiger partial charge < -0.3 is 15.8 Å². The van der Waals surface area contributed by atoms with Gasteiger partial charge in [0.05, 0.1) is 16.2 Å². The van der Waals surface area contributed by atoms with Crippen molar-refractivity contribution in [3.63, 3.8) is 0 Å². The summed E-state index contributed by atoms with van der Waals surface area (Å²) in [5, 5.41) is 4.01. The molecule has 1 aromatic heterocycles. The summed E-state index contributed by atoms with van der Waals surface area (Å²) in [6.07, 6.45) is 2.00. The van der Waals surface area contributed by atoms with Crippen LogP contribution in [-0.2, 0) is 16.0 Å². The van der Waals surface area contributed by atoms with Crippen LogP contribution in [0, 0.1) is 13.8 Å². The lowest BCUT2D eigenvalue weighted by Crippen LogP contribution is -2.57. The number of aromatic nitrogens is 1. The van der Waals surface area contributed by atoms with E-state index < -0.39 is 5.54 Å². The second-order valence-electron chi connectivity index (χ2n) is 5.02. The maximum atomic E-state index is 12.1. The molecule has 0 aliphatic carbocycles. The summed E-state index contributed by atoms with van der Waals surface area (Å²) in [4.78, 5) is 17.7. The SMILES string of the molecule is Cc1nc(C)c(CCNC(=O)C2(N)CCOCC2)s1. The van der Waals surface area contributed by atoms with Gasteiger partial charge in [0.25, 0.3) is 0 Å². The van der Waals surface area contributed by atoms with E-state index in [0.29, 0.717) is 32.6 Å². The molecule has 1 saturated heterocycles. The molecule has 1 aliphatic rings. The third-order valence-electron chi connectivity index (χ3n) is 3.47. The number of rotatable bonds is 4. The Kier molecular flexibility index (Phi) is 4.54. The molecule has 1 aliphatic heterocycles. The molecular weight excluding hydrogens is 262 g/mol. The van der Waals surface area contributed by atoms with Crippen LogP contribution in [-0.4, -0.2) is 36.2 Å². The number of hydrogen-bond acceptors (Lipinski definition) is 5. The van der Waals surface area contributed by atoms with E-state index in [4.69, 9.17) is 10.5 Å². The fourth-order valence-corrected chi connectivity index (χ4v) is 3.17. The second kappa shape index (κ2) is 5.98. The summed E-state index contributed by atoms with van der Waals surface area (Å²) in [5.41, 5.74) is 6.42. The molecule has 1 aromatic rings. The average Bonchev–Trinajstić information content (AvgIpc) is 2.69. The van der Waals surface area contributed by atoms with Crippen molar-refractivity contribution < 1.29 is 9.53 Å². The number of hydrogen-bond donors (Lipinski definition) is 2. The van der Waals surface area contributed by atoms with Gasteiger partial charge in [0.15, 0.2) is 0 Å². The number of ether oxygens (including phenoxy) is 1. The molecule has 5 nitrogen and oxygen atoms in total. The lowest BCUT2D eigenvalue weighted by atomic mass is 9.90. The summed E-state index contributed by atoms with van der Waals surface area (Å²) in [5.74, 6) is -0.0605. The second-order valence-corrected chi connectivity index (χ2v) is 6.30. The molecule has 0 unspecified atom stereocenters. The van der Waals surface area contributed by atoms with E-state index in [-0.39, 0.29) is 5.91 Å². The van der Waals surface area contributed by atoms with Crippen LogP contribution in [0.4, 0.5) is 0 Å². The van der Waals surface area contributed by atoms with E-state index in [1.54, 1.807) is 11.3 Å². The molecule has 0 radical (unpaired) electrons. The number of carbonyl (C=O) groups is 1. The Balaban J connectivity index is 1.82. The maximum absolute atomic E-state index is 12.1. The van der Waals surface area contributed by atoms with Crippen LogP contribution < -0.4 is 11.1 Å². The lowest BCUT2D eigenvalue weighted by molar-refractivity contribution is -0.129. The molecule has 106 valence electrons. The molecular formula is C13H21N3O2S. The van der Waals surface area contributed by atoms with Gasteiger partial charge in [-0.3, -0.25) is 4.79 Å². The summed E-state index contributed by atoms with van der Waals surface area (Å²) in [7, 11) is 0. The van der Waals surface area contributed by atoms with E-state index in [0.717, 1.165) is 17.1 Å². The van der Waals surface area contributed by atoms with Gasteiger partial charge in [-0.25, -0.2) is 4.98 Å². The molecule has 2 heterocycles. The Morgan fingerprint density at radius 2 is 2.16 bits per heavy atom. The maximum Gasteiger partial charge on any atom is 0.240 e. The van der Waals surface area contributed by atoms with Gasteiger partial charge in [0, 0.05) is 31.1 Å². The first-order chi connectivity index (χ1) is 9.01. The monoisotopic (exact) mass is 283 g/mol. The fraction of sp³-hybridized carbons (Fsp3) is 0.692. The quantitative estimate of drug-likeness (QED) is 0.861. The first-order valence-electron chi connectivity index (χ1n) is 6.59. The number of nitrogens with zero attached hydrogens (tertiary/aromatic N) is 1. The summed E-state index contributed by atoms with van der Waals surface area (Å²) in [6, 6.07) is 0. The van der Waals surface area contributed by atoms with Crippen molar-refractivity contribution in [2.45, 2.75) is 38.6 Å². The summed E-state index contributed by atoms with van der Waals surface area (Å²) >= 11 is 1.69. The average molecular weight is 283 g/mol. The lowest BCUT2D eigenvalue weighted by Gasteiger charge is -2.31. The highest BCUT2D eigenvalue weighted by Gasteiger charge is 2.35. The Labute approximate surface area is 117 Å². The van der Waals surface area contributed by atoms with Crippen LogP contribution in [0.3, 0.4) is 0 Å². The summed E-state index contributed by atoms with van der Waals surface area (Å²) < 4.78 is 5.24. The van der Waals surface area contributed by atoms with Crippen LogP contribution in [0.5, 0.6) is 0 Å². The Bertz CT molecular complexity index is 453. The highest BCUT2D eigenvalue weighted by molar-refractivity contribution is 7.11. The van der Waals surface area contributed by atoms with Crippen LogP contribution in [0.2, 0.25) is 0 Å². The first-order valence-corrected chi connectivity index (χ1v) is 7.41. The molecule has 3 N–H and O–H groups in total. The number of aryl methyl sites for hydroxylation is 2. The zero-order valence-corrected chi connectivity index (χ0v) is 12.3. The van der Waals surface area contributed by atoms with Gasteiger partial charge in [-0.05, 0) is 26.7 Å². The summed E-state index contributed by atoms with van der Waals surface area (Å²) in [6.45, 7) is 5.75. The minimum Gasteiger partial charge on any atom is -0.381 e. The normalized spacial score (nSPS) is 18.3. The van der Waals surface area contributed by atoms with Gasteiger partial charge >= 0.3 is 0 Å². The molecule has 1 fully saturated rings. The standard InChI is InChI=1S/C13H21N3O2S/c1-9-11(19-10(2)16-9)3-6-15-12(17)13(14)4-7-18-8-5-13/h3-8,14H2,1-2H3,(H,15,17). The minimum absolute atomic E-state index is 0.0605. The number of nitrogens with one attached hydrogen (secondary N) is 1. The fourth-order valence-electron chi connectivity index (χ4n) is 2.23. The molecule has 6 heteroatoms. The van der Waals surface area contributed by atoms with Crippen molar-refractivity contribution in [3.05, 3.63) is 15.6 Å². The molecule has 1 amide bonds. The Hall–Kier alpha value is -0.980. The predicted octanol–water partition coefficient (Wildman–Crippen LogP) is 0.927. The van der Waals surface area contributed by atoms with Crippen molar-refractivity contribution in [2.24, 2.45) is 5.73 Å². The van der Waals surface area contributed by atoms with Gasteiger partial charge in [-0.15, -0.1) is 11.3 Å². The van der Waals surface area contributed by atoms with E-state index >= 15 is 0 Å². The van der Waals surface area contributed by atoms with E-state index in [1.807, 2.05) is 13.8 Å². The van der Waals surface area contributed by atoms with Crippen LogP contribution in [0.15, 0.2) is 0 Å². The highest BCUT2D eigenvalue weighted by Crippen LogP contribution is 2.19. The topological polar surface area (TPSA) is 77.2 Å². The van der Waals surface area contributed by atoms with Crippen molar-refractivity contribution in [1.29, 1.82) is 0 Å². The number of thiazole rings is 1. The van der Waals surface area contributed by atoms with Crippen LogP contribution in [0.1, 0.15) is 28.4 Å². The van der Waals surface area contributed by atoms with Gasteiger partial charge in [-0.1, -0.05) is 0 Å². The third kappa shape index (κ3) is 3.52. The first kappa shape index (κ1) is 14.4. The molecule has 0 atom stereocenters. The molecule has 0 spiro atoms. The number of amides is 1. The molecule has 0 bridgehead atoms.